The van der Waals surface area contributed by atoms with Gasteiger partial charge in [-0.15, -0.1) is 0 Å². The minimum Gasteiger partial charge on any atom is -0.481 e. The molecule has 8 heteroatoms. The maximum atomic E-state index is 12.1. The van der Waals surface area contributed by atoms with E-state index in [-0.39, 0.29) is 18.1 Å². The topological polar surface area (TPSA) is 104 Å². The number of aliphatic carboxylic acids is 1. The maximum absolute atomic E-state index is 12.1. The maximum Gasteiger partial charge on any atom is 0.310 e. The number of carbonyl (C=O) groups excluding carboxylic acids is 1. The van der Waals surface area contributed by atoms with Crippen molar-refractivity contribution in [2.24, 2.45) is 5.41 Å². The second kappa shape index (κ2) is 6.08. The Bertz CT molecular complexity index is 753. The Labute approximate surface area is 140 Å². The molecule has 2 fully saturated rings. The molecule has 130 valence electrons. The molecule has 1 saturated carbocycles. The van der Waals surface area contributed by atoms with E-state index in [9.17, 15) is 23.1 Å². The predicted octanol–water partition coefficient (Wildman–Crippen LogP) is 1.81. The van der Waals surface area contributed by atoms with Crippen LogP contribution in [-0.2, 0) is 19.6 Å². The second-order valence-corrected chi connectivity index (χ2v) is 8.47. The molecule has 0 bridgehead atoms. The number of carboxylic acids is 1. The highest BCUT2D eigenvalue weighted by Gasteiger charge is 2.45. The molecule has 1 amide bonds. The smallest absolute Gasteiger partial charge is 0.310 e. The highest BCUT2D eigenvalue weighted by atomic mass is 32.2. The molecule has 1 aromatic rings. The summed E-state index contributed by atoms with van der Waals surface area (Å²) in [5.41, 5.74) is 0.180. The number of hydrogen-bond acceptors (Lipinski definition) is 4. The van der Waals surface area contributed by atoms with Gasteiger partial charge < -0.3 is 10.4 Å². The number of anilines is 2. The van der Waals surface area contributed by atoms with Gasteiger partial charge in [-0.1, -0.05) is 6.42 Å². The van der Waals surface area contributed by atoms with E-state index in [0.717, 1.165) is 6.42 Å². The summed E-state index contributed by atoms with van der Waals surface area (Å²) >= 11 is 0. The van der Waals surface area contributed by atoms with Gasteiger partial charge in [-0.3, -0.25) is 13.9 Å². The lowest BCUT2D eigenvalue weighted by molar-refractivity contribution is -0.157. The minimum atomic E-state index is -3.22. The molecule has 3 rings (SSSR count). The Kier molecular flexibility index (Phi) is 4.25. The lowest BCUT2D eigenvalue weighted by Crippen LogP contribution is -2.41. The van der Waals surface area contributed by atoms with Gasteiger partial charge >= 0.3 is 5.97 Å². The SMILES string of the molecule is O=C(CC1(C(=O)O)CCC1)Nc1ccc(N2CCCS2(=O)=O)cc1. The minimum absolute atomic E-state index is 0.0371. The molecule has 1 aliphatic heterocycles. The number of benzene rings is 1. The van der Waals surface area contributed by atoms with Crippen LogP contribution in [0.2, 0.25) is 0 Å². The molecule has 7 nitrogen and oxygen atoms in total. The van der Waals surface area contributed by atoms with Gasteiger partial charge in [0.2, 0.25) is 15.9 Å². The lowest BCUT2D eigenvalue weighted by atomic mass is 9.66. The molecule has 1 saturated heterocycles. The molecule has 0 spiro atoms. The third-order valence-corrected chi connectivity index (χ3v) is 6.67. The molecule has 0 aromatic heterocycles. The van der Waals surface area contributed by atoms with Gasteiger partial charge in [0.15, 0.2) is 0 Å². The van der Waals surface area contributed by atoms with E-state index < -0.39 is 21.4 Å². The van der Waals surface area contributed by atoms with Crippen LogP contribution in [0.1, 0.15) is 32.1 Å². The highest BCUT2D eigenvalue weighted by molar-refractivity contribution is 7.93. The van der Waals surface area contributed by atoms with Gasteiger partial charge in [0.1, 0.15) is 0 Å². The van der Waals surface area contributed by atoms with Crippen molar-refractivity contribution in [3.05, 3.63) is 24.3 Å². The number of amides is 1. The number of nitrogens with one attached hydrogen (secondary N) is 1. The molecule has 1 aliphatic carbocycles. The molecular weight excluding hydrogens is 332 g/mol. The Morgan fingerprint density at radius 2 is 1.83 bits per heavy atom. The van der Waals surface area contributed by atoms with Gasteiger partial charge in [0, 0.05) is 18.7 Å². The number of carboxylic acid groups (broad SMARTS) is 1. The number of rotatable bonds is 5. The monoisotopic (exact) mass is 352 g/mol. The summed E-state index contributed by atoms with van der Waals surface area (Å²) in [6.07, 6.45) is 2.46. The molecule has 24 heavy (non-hydrogen) atoms. The standard InChI is InChI=1S/C16H20N2O5S/c19-14(11-16(15(20)21)7-1-8-16)17-12-3-5-13(6-4-12)18-9-2-10-24(18,22)23/h3-6H,1-2,7-11H2,(H,17,19)(H,20,21). The van der Waals surface area contributed by atoms with Crippen molar-refractivity contribution in [1.29, 1.82) is 0 Å². The first-order valence-electron chi connectivity index (χ1n) is 7.96. The van der Waals surface area contributed by atoms with Crippen molar-refractivity contribution in [2.75, 3.05) is 21.9 Å². The van der Waals surface area contributed by atoms with Crippen LogP contribution >= 0.6 is 0 Å². The van der Waals surface area contributed by atoms with E-state index >= 15 is 0 Å². The van der Waals surface area contributed by atoms with Crippen molar-refractivity contribution in [3.63, 3.8) is 0 Å². The van der Waals surface area contributed by atoms with Crippen LogP contribution in [0.5, 0.6) is 0 Å². The Morgan fingerprint density at radius 1 is 1.17 bits per heavy atom. The third-order valence-electron chi connectivity index (χ3n) is 4.80. The lowest BCUT2D eigenvalue weighted by Gasteiger charge is -2.36. The van der Waals surface area contributed by atoms with Crippen LogP contribution in [0.3, 0.4) is 0 Å². The Morgan fingerprint density at radius 3 is 2.29 bits per heavy atom. The van der Waals surface area contributed by atoms with Crippen molar-refractivity contribution in [2.45, 2.75) is 32.1 Å². The molecule has 0 radical (unpaired) electrons. The quantitative estimate of drug-likeness (QED) is 0.841. The summed E-state index contributed by atoms with van der Waals surface area (Å²) in [6, 6.07) is 6.56. The van der Waals surface area contributed by atoms with Crippen LogP contribution in [0.25, 0.3) is 0 Å². The Hall–Kier alpha value is -2.09. The Balaban J connectivity index is 1.64. The van der Waals surface area contributed by atoms with E-state index in [1.165, 1.54) is 4.31 Å². The van der Waals surface area contributed by atoms with E-state index in [0.29, 0.717) is 37.2 Å². The first-order valence-corrected chi connectivity index (χ1v) is 9.57. The van der Waals surface area contributed by atoms with Crippen molar-refractivity contribution < 1.29 is 23.1 Å². The van der Waals surface area contributed by atoms with Crippen molar-refractivity contribution >= 4 is 33.3 Å². The van der Waals surface area contributed by atoms with Crippen LogP contribution in [0, 0.1) is 5.41 Å². The molecular formula is C16H20N2O5S. The number of carbonyl (C=O) groups is 2. The average Bonchev–Trinajstić information content (AvgIpc) is 2.83. The van der Waals surface area contributed by atoms with Crippen molar-refractivity contribution in [1.82, 2.24) is 0 Å². The van der Waals surface area contributed by atoms with E-state index in [1.54, 1.807) is 24.3 Å². The first kappa shape index (κ1) is 16.8. The zero-order valence-electron chi connectivity index (χ0n) is 13.2. The summed E-state index contributed by atoms with van der Waals surface area (Å²) in [4.78, 5) is 23.4. The molecule has 0 atom stereocenters. The normalized spacial score (nSPS) is 21.1. The molecule has 1 aromatic carbocycles. The summed E-state index contributed by atoms with van der Waals surface area (Å²) in [6.45, 7) is 0.467. The zero-order chi connectivity index (χ0) is 17.4. The number of nitrogens with zero attached hydrogens (tertiary/aromatic N) is 1. The van der Waals surface area contributed by atoms with Crippen LogP contribution in [0.15, 0.2) is 24.3 Å². The number of hydrogen-bond donors (Lipinski definition) is 2. The molecule has 1 heterocycles. The largest absolute Gasteiger partial charge is 0.481 e. The van der Waals surface area contributed by atoms with E-state index in [4.69, 9.17) is 0 Å². The second-order valence-electron chi connectivity index (χ2n) is 6.45. The molecule has 2 aliphatic rings. The van der Waals surface area contributed by atoms with Crippen molar-refractivity contribution in [3.8, 4) is 0 Å². The highest BCUT2D eigenvalue weighted by Crippen LogP contribution is 2.44. The zero-order valence-corrected chi connectivity index (χ0v) is 14.0. The molecule has 2 N–H and O–H groups in total. The van der Waals surface area contributed by atoms with Crippen LogP contribution < -0.4 is 9.62 Å². The van der Waals surface area contributed by atoms with Gasteiger partial charge in [-0.05, 0) is 43.5 Å². The third kappa shape index (κ3) is 3.10. The van der Waals surface area contributed by atoms with Gasteiger partial charge in [-0.2, -0.15) is 0 Å². The summed E-state index contributed by atoms with van der Waals surface area (Å²) in [5.74, 6) is -1.10. The number of sulfonamides is 1. The fraction of sp³-hybridized carbons (Fsp3) is 0.500. The molecule has 0 unspecified atom stereocenters. The summed E-state index contributed by atoms with van der Waals surface area (Å²) in [7, 11) is -3.22. The van der Waals surface area contributed by atoms with E-state index in [1.807, 2.05) is 0 Å². The predicted molar refractivity (Wildman–Crippen MR) is 89.4 cm³/mol. The summed E-state index contributed by atoms with van der Waals surface area (Å²) in [5, 5.41) is 12.0. The van der Waals surface area contributed by atoms with Crippen LogP contribution in [0.4, 0.5) is 11.4 Å². The fourth-order valence-corrected chi connectivity index (χ4v) is 4.79. The first-order chi connectivity index (χ1) is 11.3. The van der Waals surface area contributed by atoms with Gasteiger partial charge in [0.25, 0.3) is 0 Å². The van der Waals surface area contributed by atoms with Gasteiger partial charge in [-0.25, -0.2) is 8.42 Å². The van der Waals surface area contributed by atoms with Crippen LogP contribution in [-0.4, -0.2) is 37.7 Å². The fourth-order valence-electron chi connectivity index (χ4n) is 3.22. The van der Waals surface area contributed by atoms with Gasteiger partial charge in [0.05, 0.1) is 16.9 Å². The summed E-state index contributed by atoms with van der Waals surface area (Å²) < 4.78 is 25.1. The average molecular weight is 352 g/mol. The van der Waals surface area contributed by atoms with E-state index in [2.05, 4.69) is 5.32 Å².